The highest BCUT2D eigenvalue weighted by Gasteiger charge is 2.27. The Morgan fingerprint density at radius 1 is 1.30 bits per heavy atom. The highest BCUT2D eigenvalue weighted by Crippen LogP contribution is 2.38. The summed E-state index contributed by atoms with van der Waals surface area (Å²) >= 11 is 6.01. The zero-order valence-corrected chi connectivity index (χ0v) is 12.1. The quantitative estimate of drug-likeness (QED) is 0.938. The average Bonchev–Trinajstić information content (AvgIpc) is 3.22. The third-order valence-corrected chi connectivity index (χ3v) is 3.63. The van der Waals surface area contributed by atoms with Gasteiger partial charge in [-0.2, -0.15) is 0 Å². The minimum Gasteiger partial charge on any atom is -0.384 e. The van der Waals surface area contributed by atoms with Gasteiger partial charge in [-0.15, -0.1) is 0 Å². The van der Waals surface area contributed by atoms with Crippen molar-refractivity contribution in [2.75, 3.05) is 17.7 Å². The molecule has 0 bridgehead atoms. The molecular formula is C15H17ClN4. The van der Waals surface area contributed by atoms with Crippen molar-refractivity contribution in [3.8, 4) is 0 Å². The SMILES string of the molecule is CN(Cc1cccc(Cl)c1)c1cc(N)nc(C2CC2)n1. The van der Waals surface area contributed by atoms with Gasteiger partial charge in [0, 0.05) is 30.6 Å². The topological polar surface area (TPSA) is 55.0 Å². The molecule has 2 N–H and O–H groups in total. The molecule has 2 aromatic rings. The molecule has 5 heteroatoms. The molecule has 1 aliphatic rings. The molecule has 0 amide bonds. The molecule has 1 heterocycles. The van der Waals surface area contributed by atoms with Gasteiger partial charge in [-0.05, 0) is 30.5 Å². The third-order valence-electron chi connectivity index (χ3n) is 3.39. The van der Waals surface area contributed by atoms with E-state index in [-0.39, 0.29) is 0 Å². The number of nitrogens with zero attached hydrogens (tertiary/aromatic N) is 3. The smallest absolute Gasteiger partial charge is 0.136 e. The molecule has 1 fully saturated rings. The minimum atomic E-state index is 0.497. The van der Waals surface area contributed by atoms with Crippen LogP contribution < -0.4 is 10.6 Å². The fourth-order valence-electron chi connectivity index (χ4n) is 2.18. The molecule has 104 valence electrons. The van der Waals surface area contributed by atoms with Crippen LogP contribution >= 0.6 is 11.6 Å². The molecule has 1 aliphatic carbocycles. The number of hydrogen-bond donors (Lipinski definition) is 1. The summed E-state index contributed by atoms with van der Waals surface area (Å²) < 4.78 is 0. The average molecular weight is 289 g/mol. The highest BCUT2D eigenvalue weighted by molar-refractivity contribution is 6.30. The van der Waals surface area contributed by atoms with Gasteiger partial charge in [0.15, 0.2) is 0 Å². The number of aromatic nitrogens is 2. The van der Waals surface area contributed by atoms with Gasteiger partial charge in [-0.1, -0.05) is 23.7 Å². The van der Waals surface area contributed by atoms with E-state index >= 15 is 0 Å². The van der Waals surface area contributed by atoms with Crippen molar-refractivity contribution in [3.63, 3.8) is 0 Å². The van der Waals surface area contributed by atoms with Crippen LogP contribution in [0.15, 0.2) is 30.3 Å². The molecule has 4 nitrogen and oxygen atoms in total. The standard InChI is InChI=1S/C15H17ClN4/c1-20(9-10-3-2-4-12(16)7-10)14-8-13(17)18-15(19-14)11-5-6-11/h2-4,7-8,11H,5-6,9H2,1H3,(H2,17,18,19). The maximum atomic E-state index is 6.01. The normalized spacial score (nSPS) is 14.3. The second kappa shape index (κ2) is 5.29. The van der Waals surface area contributed by atoms with E-state index in [0.717, 1.165) is 28.8 Å². The Labute approximate surface area is 123 Å². The molecule has 0 unspecified atom stereocenters. The highest BCUT2D eigenvalue weighted by atomic mass is 35.5. The summed E-state index contributed by atoms with van der Waals surface area (Å²) in [5, 5.41) is 0.747. The molecular weight excluding hydrogens is 272 g/mol. The van der Waals surface area contributed by atoms with Crippen LogP contribution in [0.5, 0.6) is 0 Å². The molecule has 0 aliphatic heterocycles. The molecule has 1 aromatic carbocycles. The van der Waals surface area contributed by atoms with Crippen LogP contribution in [0.3, 0.4) is 0 Å². The minimum absolute atomic E-state index is 0.497. The van der Waals surface area contributed by atoms with Crippen LogP contribution in [0.1, 0.15) is 30.1 Å². The zero-order chi connectivity index (χ0) is 14.1. The van der Waals surface area contributed by atoms with Gasteiger partial charge in [0.2, 0.25) is 0 Å². The Bertz CT molecular complexity index is 625. The predicted octanol–water partition coefficient (Wildman–Crippen LogP) is 3.23. The van der Waals surface area contributed by atoms with Gasteiger partial charge in [0.05, 0.1) is 0 Å². The van der Waals surface area contributed by atoms with Crippen LogP contribution in [-0.2, 0) is 6.54 Å². The van der Waals surface area contributed by atoms with Crippen molar-refractivity contribution in [2.45, 2.75) is 25.3 Å². The largest absolute Gasteiger partial charge is 0.384 e. The number of nitrogens with two attached hydrogens (primary N) is 1. The summed E-state index contributed by atoms with van der Waals surface area (Å²) in [5.41, 5.74) is 7.03. The number of benzene rings is 1. The molecule has 0 saturated heterocycles. The fraction of sp³-hybridized carbons (Fsp3) is 0.333. The predicted molar refractivity (Wildman–Crippen MR) is 82.0 cm³/mol. The Kier molecular flexibility index (Phi) is 3.49. The first-order valence-corrected chi connectivity index (χ1v) is 7.09. The van der Waals surface area contributed by atoms with Crippen LogP contribution in [0.25, 0.3) is 0 Å². The van der Waals surface area contributed by atoms with Gasteiger partial charge >= 0.3 is 0 Å². The van der Waals surface area contributed by atoms with E-state index in [1.807, 2.05) is 31.3 Å². The van der Waals surface area contributed by atoms with E-state index in [1.54, 1.807) is 0 Å². The van der Waals surface area contributed by atoms with E-state index in [2.05, 4.69) is 20.9 Å². The summed E-state index contributed by atoms with van der Waals surface area (Å²) in [6.07, 6.45) is 2.34. The maximum Gasteiger partial charge on any atom is 0.136 e. The van der Waals surface area contributed by atoms with Crippen molar-refractivity contribution in [3.05, 3.63) is 46.7 Å². The lowest BCUT2D eigenvalue weighted by atomic mass is 10.2. The summed E-state index contributed by atoms with van der Waals surface area (Å²) in [4.78, 5) is 11.0. The molecule has 1 saturated carbocycles. The monoisotopic (exact) mass is 288 g/mol. The first-order chi connectivity index (χ1) is 9.61. The number of anilines is 2. The van der Waals surface area contributed by atoms with E-state index in [0.29, 0.717) is 11.7 Å². The lowest BCUT2D eigenvalue weighted by Gasteiger charge is -2.19. The summed E-state index contributed by atoms with van der Waals surface area (Å²) in [6.45, 7) is 0.737. The molecule has 3 rings (SSSR count). The van der Waals surface area contributed by atoms with Gasteiger partial charge in [0.25, 0.3) is 0 Å². The van der Waals surface area contributed by atoms with Gasteiger partial charge in [0.1, 0.15) is 17.5 Å². The number of nitrogen functional groups attached to an aromatic ring is 1. The molecule has 0 radical (unpaired) electrons. The Morgan fingerprint density at radius 3 is 2.80 bits per heavy atom. The molecule has 20 heavy (non-hydrogen) atoms. The fourth-order valence-corrected chi connectivity index (χ4v) is 2.39. The molecule has 1 aromatic heterocycles. The van der Waals surface area contributed by atoms with Gasteiger partial charge < -0.3 is 10.6 Å². The first-order valence-electron chi connectivity index (χ1n) is 6.72. The lowest BCUT2D eigenvalue weighted by molar-refractivity contribution is 0.857. The van der Waals surface area contributed by atoms with Crippen LogP contribution in [0, 0.1) is 0 Å². The van der Waals surface area contributed by atoms with Gasteiger partial charge in [-0.25, -0.2) is 9.97 Å². The summed E-state index contributed by atoms with van der Waals surface area (Å²) in [5.74, 6) is 2.77. The van der Waals surface area contributed by atoms with Crippen molar-refractivity contribution < 1.29 is 0 Å². The number of halogens is 1. The van der Waals surface area contributed by atoms with Crippen LogP contribution in [-0.4, -0.2) is 17.0 Å². The Hall–Kier alpha value is -1.81. The lowest BCUT2D eigenvalue weighted by Crippen LogP contribution is -2.19. The Balaban J connectivity index is 1.81. The molecule has 0 atom stereocenters. The van der Waals surface area contributed by atoms with Gasteiger partial charge in [-0.3, -0.25) is 0 Å². The maximum absolute atomic E-state index is 6.01. The zero-order valence-electron chi connectivity index (χ0n) is 11.4. The number of hydrogen-bond acceptors (Lipinski definition) is 4. The second-order valence-corrected chi connectivity index (χ2v) is 5.71. The van der Waals surface area contributed by atoms with Crippen molar-refractivity contribution in [2.24, 2.45) is 0 Å². The summed E-state index contributed by atoms with van der Waals surface area (Å²) in [7, 11) is 2.00. The van der Waals surface area contributed by atoms with Crippen LogP contribution in [0.2, 0.25) is 5.02 Å². The van der Waals surface area contributed by atoms with E-state index in [1.165, 1.54) is 12.8 Å². The molecule has 0 spiro atoms. The van der Waals surface area contributed by atoms with E-state index in [4.69, 9.17) is 17.3 Å². The number of rotatable bonds is 4. The van der Waals surface area contributed by atoms with Crippen molar-refractivity contribution >= 4 is 23.2 Å². The Morgan fingerprint density at radius 2 is 2.10 bits per heavy atom. The van der Waals surface area contributed by atoms with E-state index < -0.39 is 0 Å². The third kappa shape index (κ3) is 3.02. The summed E-state index contributed by atoms with van der Waals surface area (Å²) in [6, 6.07) is 9.66. The first kappa shape index (κ1) is 13.2. The van der Waals surface area contributed by atoms with Crippen molar-refractivity contribution in [1.29, 1.82) is 0 Å². The van der Waals surface area contributed by atoms with Crippen molar-refractivity contribution in [1.82, 2.24) is 9.97 Å². The van der Waals surface area contributed by atoms with Crippen LogP contribution in [0.4, 0.5) is 11.6 Å². The second-order valence-electron chi connectivity index (χ2n) is 5.27. The van der Waals surface area contributed by atoms with E-state index in [9.17, 15) is 0 Å².